The molecule has 0 aromatic heterocycles. The highest BCUT2D eigenvalue weighted by Crippen LogP contribution is 2.01. The molecule has 0 aromatic carbocycles. The first kappa shape index (κ1) is 14.7. The van der Waals surface area contributed by atoms with E-state index < -0.39 is 0 Å². The molecule has 1 amide bonds. The van der Waals surface area contributed by atoms with E-state index >= 15 is 0 Å². The van der Waals surface area contributed by atoms with Crippen LogP contribution in [0.15, 0.2) is 0 Å². The van der Waals surface area contributed by atoms with Crippen molar-refractivity contribution in [1.29, 1.82) is 0 Å². The molecule has 0 atom stereocenters. The van der Waals surface area contributed by atoms with Crippen LogP contribution in [-0.2, 0) is 4.79 Å². The number of hydrogen-bond acceptors (Lipinski definition) is 4. The molecule has 0 rings (SSSR count). The topological polar surface area (TPSA) is 58.4 Å². The van der Waals surface area contributed by atoms with Crippen LogP contribution in [0.1, 0.15) is 25.7 Å². The van der Waals surface area contributed by atoms with Crippen molar-refractivity contribution in [3.63, 3.8) is 0 Å². The quantitative estimate of drug-likeness (QED) is 0.268. The third-order valence-corrected chi connectivity index (χ3v) is 2.87. The number of nitrogens with one attached hydrogen (secondary N) is 1. The molecule has 0 aliphatic heterocycles. The van der Waals surface area contributed by atoms with Gasteiger partial charge in [-0.15, -0.1) is 0 Å². The zero-order valence-electron chi connectivity index (χ0n) is 9.79. The molecule has 0 saturated heterocycles. The largest absolute Gasteiger partial charge is 0.306 e. The maximum Gasteiger partial charge on any atom is 0.233 e. The van der Waals surface area contributed by atoms with Gasteiger partial charge < -0.3 is 4.90 Å². The number of carbonyl (C=O) groups excluding carboxylic acids is 1. The number of thioether (sulfide) groups is 1. The lowest BCUT2D eigenvalue weighted by atomic mass is 10.2. The van der Waals surface area contributed by atoms with Gasteiger partial charge in [0.2, 0.25) is 5.91 Å². The number of nitrogens with two attached hydrogens (primary N) is 1. The van der Waals surface area contributed by atoms with E-state index in [1.54, 1.807) is 0 Å². The maximum absolute atomic E-state index is 10.8. The van der Waals surface area contributed by atoms with Crippen molar-refractivity contribution in [2.75, 3.05) is 32.1 Å². The Labute approximate surface area is 96.9 Å². The summed E-state index contributed by atoms with van der Waals surface area (Å²) >= 11 is 1.87. The summed E-state index contributed by atoms with van der Waals surface area (Å²) < 4.78 is 0. The molecule has 90 valence electrons. The van der Waals surface area contributed by atoms with Gasteiger partial charge in [0.05, 0.1) is 0 Å². The van der Waals surface area contributed by atoms with E-state index in [4.69, 9.17) is 5.84 Å². The molecule has 0 unspecified atom stereocenters. The zero-order chi connectivity index (χ0) is 11.5. The van der Waals surface area contributed by atoms with Crippen LogP contribution in [0.4, 0.5) is 0 Å². The third kappa shape index (κ3) is 10.0. The van der Waals surface area contributed by atoms with Crippen molar-refractivity contribution in [1.82, 2.24) is 10.3 Å². The Bertz CT molecular complexity index is 167. The third-order valence-electron chi connectivity index (χ3n) is 2.28. The predicted molar refractivity (Wildman–Crippen MR) is 66.7 cm³/mol. The second-order valence-corrected chi connectivity index (χ2v) is 4.66. The highest BCUT2D eigenvalue weighted by atomic mass is 32.2. The lowest BCUT2D eigenvalue weighted by molar-refractivity contribution is -0.121. The van der Waals surface area contributed by atoms with E-state index in [9.17, 15) is 4.79 Å². The molecule has 15 heavy (non-hydrogen) atoms. The van der Waals surface area contributed by atoms with Gasteiger partial charge in [-0.3, -0.25) is 10.2 Å². The summed E-state index contributed by atoms with van der Waals surface area (Å²) in [5.41, 5.74) is 2.14. The van der Waals surface area contributed by atoms with Crippen molar-refractivity contribution in [3.05, 3.63) is 0 Å². The summed E-state index contributed by atoms with van der Waals surface area (Å²) in [6.45, 7) is 2.26. The Hall–Kier alpha value is -0.260. The number of unbranched alkanes of at least 4 members (excludes halogenated alkanes) is 2. The summed E-state index contributed by atoms with van der Waals surface area (Å²) in [6.07, 6.45) is 5.85. The average molecular weight is 233 g/mol. The van der Waals surface area contributed by atoms with E-state index in [1.165, 1.54) is 5.75 Å². The Morgan fingerprint density at radius 3 is 2.67 bits per heavy atom. The molecule has 5 heteroatoms. The van der Waals surface area contributed by atoms with Crippen LogP contribution in [0.3, 0.4) is 0 Å². The highest BCUT2D eigenvalue weighted by Gasteiger charge is 1.99. The minimum absolute atomic E-state index is 0.0641. The van der Waals surface area contributed by atoms with E-state index in [0.29, 0.717) is 6.42 Å². The van der Waals surface area contributed by atoms with Gasteiger partial charge in [-0.25, -0.2) is 5.84 Å². The summed E-state index contributed by atoms with van der Waals surface area (Å²) in [6, 6.07) is 0. The fourth-order valence-electron chi connectivity index (χ4n) is 1.28. The van der Waals surface area contributed by atoms with Crippen LogP contribution in [0.5, 0.6) is 0 Å². The molecule has 0 spiro atoms. The zero-order valence-corrected chi connectivity index (χ0v) is 10.6. The fourth-order valence-corrected chi connectivity index (χ4v) is 1.77. The molecule has 3 N–H and O–H groups in total. The van der Waals surface area contributed by atoms with Gasteiger partial charge in [0.1, 0.15) is 0 Å². The molecule has 0 saturated carbocycles. The first-order chi connectivity index (χ1) is 7.20. The number of amides is 1. The second-order valence-electron chi connectivity index (χ2n) is 3.67. The predicted octanol–water partition coefficient (Wildman–Crippen LogP) is 0.832. The molecule has 0 aliphatic carbocycles. The summed E-state index contributed by atoms with van der Waals surface area (Å²) in [4.78, 5) is 13.1. The van der Waals surface area contributed by atoms with Gasteiger partial charge in [-0.05, 0) is 32.7 Å². The van der Waals surface area contributed by atoms with E-state index in [2.05, 4.69) is 23.6 Å². The molecule has 0 aromatic rings. The number of hydrogen-bond donors (Lipinski definition) is 2. The lowest BCUT2D eigenvalue weighted by Crippen LogP contribution is -2.29. The van der Waals surface area contributed by atoms with Crippen LogP contribution < -0.4 is 11.3 Å². The Kier molecular flexibility index (Phi) is 10.1. The van der Waals surface area contributed by atoms with Crippen LogP contribution in [0.2, 0.25) is 0 Å². The van der Waals surface area contributed by atoms with E-state index in [1.807, 2.05) is 11.8 Å². The molecular weight excluding hydrogens is 210 g/mol. The molecule has 0 radical (unpaired) electrons. The van der Waals surface area contributed by atoms with Crippen molar-refractivity contribution in [3.8, 4) is 0 Å². The summed E-state index contributed by atoms with van der Waals surface area (Å²) in [5.74, 6) is 6.10. The van der Waals surface area contributed by atoms with Crippen LogP contribution in [-0.4, -0.2) is 43.0 Å². The summed E-state index contributed by atoms with van der Waals surface area (Å²) in [7, 11) is 2.14. The maximum atomic E-state index is 10.8. The van der Waals surface area contributed by atoms with Gasteiger partial charge in [0.15, 0.2) is 0 Å². The van der Waals surface area contributed by atoms with Gasteiger partial charge in [0.25, 0.3) is 0 Å². The van der Waals surface area contributed by atoms with Gasteiger partial charge in [0, 0.05) is 18.7 Å². The Morgan fingerprint density at radius 2 is 2.07 bits per heavy atom. The fraction of sp³-hybridized carbons (Fsp3) is 0.900. The molecule has 0 aliphatic rings. The van der Waals surface area contributed by atoms with Crippen molar-refractivity contribution < 1.29 is 4.79 Å². The summed E-state index contributed by atoms with van der Waals surface area (Å²) in [5, 5.41) is 0. The minimum atomic E-state index is -0.0641. The van der Waals surface area contributed by atoms with Crippen molar-refractivity contribution in [2.45, 2.75) is 25.7 Å². The van der Waals surface area contributed by atoms with Gasteiger partial charge in [-0.2, -0.15) is 11.8 Å². The SMILES string of the molecule is CSCCN(C)CCCCCC(=O)NN. The highest BCUT2D eigenvalue weighted by molar-refractivity contribution is 7.98. The van der Waals surface area contributed by atoms with Gasteiger partial charge >= 0.3 is 0 Å². The monoisotopic (exact) mass is 233 g/mol. The lowest BCUT2D eigenvalue weighted by Gasteiger charge is -2.15. The van der Waals surface area contributed by atoms with Crippen molar-refractivity contribution in [2.24, 2.45) is 5.84 Å². The van der Waals surface area contributed by atoms with Crippen molar-refractivity contribution >= 4 is 17.7 Å². The first-order valence-corrected chi connectivity index (χ1v) is 6.77. The number of nitrogens with zero attached hydrogens (tertiary/aromatic N) is 1. The molecule has 0 bridgehead atoms. The standard InChI is InChI=1S/C10H23N3OS/c1-13(8-9-15-2)7-5-3-4-6-10(14)12-11/h3-9,11H2,1-2H3,(H,12,14). The number of rotatable bonds is 9. The van der Waals surface area contributed by atoms with Crippen LogP contribution in [0, 0.1) is 0 Å². The van der Waals surface area contributed by atoms with Gasteiger partial charge in [-0.1, -0.05) is 6.42 Å². The minimum Gasteiger partial charge on any atom is -0.306 e. The van der Waals surface area contributed by atoms with E-state index in [-0.39, 0.29) is 5.91 Å². The molecule has 0 fully saturated rings. The number of hydrazine groups is 1. The van der Waals surface area contributed by atoms with Crippen LogP contribution in [0.25, 0.3) is 0 Å². The Morgan fingerprint density at radius 1 is 1.33 bits per heavy atom. The smallest absolute Gasteiger partial charge is 0.233 e. The molecule has 4 nitrogen and oxygen atoms in total. The molecule has 0 heterocycles. The first-order valence-electron chi connectivity index (χ1n) is 5.37. The number of carbonyl (C=O) groups is 1. The second kappa shape index (κ2) is 10.3. The average Bonchev–Trinajstić information content (AvgIpc) is 2.25. The van der Waals surface area contributed by atoms with E-state index in [0.717, 1.165) is 32.4 Å². The Balaban J connectivity index is 3.19. The van der Waals surface area contributed by atoms with Crippen LogP contribution >= 0.6 is 11.8 Å². The normalized spacial score (nSPS) is 10.7. The molecular formula is C10H23N3OS.